The van der Waals surface area contributed by atoms with Gasteiger partial charge >= 0.3 is 0 Å². The minimum atomic E-state index is -3.55. The van der Waals surface area contributed by atoms with Crippen molar-refractivity contribution in [3.63, 3.8) is 0 Å². The van der Waals surface area contributed by atoms with Crippen LogP contribution in [0.4, 0.5) is 0 Å². The first-order valence-electron chi connectivity index (χ1n) is 6.39. The SMILES string of the molecule is O=S(=O)(NC(CBr)Cc1ccccc1)c1ccc(Cl)cc1. The Morgan fingerprint density at radius 2 is 1.67 bits per heavy atom. The number of benzene rings is 2. The minimum Gasteiger partial charge on any atom is -0.207 e. The van der Waals surface area contributed by atoms with Gasteiger partial charge in [0, 0.05) is 16.4 Å². The number of sulfonamides is 1. The van der Waals surface area contributed by atoms with Crippen LogP contribution in [0, 0.1) is 0 Å². The fourth-order valence-corrected chi connectivity index (χ4v) is 3.89. The van der Waals surface area contributed by atoms with Crippen LogP contribution in [0.5, 0.6) is 0 Å². The maximum absolute atomic E-state index is 12.3. The molecule has 1 unspecified atom stereocenters. The third kappa shape index (κ3) is 4.81. The van der Waals surface area contributed by atoms with Gasteiger partial charge in [-0.05, 0) is 36.2 Å². The van der Waals surface area contributed by atoms with Crippen LogP contribution in [0.2, 0.25) is 5.02 Å². The number of rotatable bonds is 6. The third-order valence-electron chi connectivity index (χ3n) is 2.96. The number of hydrogen-bond donors (Lipinski definition) is 1. The quantitative estimate of drug-likeness (QED) is 0.768. The minimum absolute atomic E-state index is 0.214. The summed E-state index contributed by atoms with van der Waals surface area (Å²) in [7, 11) is -3.55. The lowest BCUT2D eigenvalue weighted by atomic mass is 10.1. The molecule has 0 aromatic heterocycles. The molecule has 0 saturated carbocycles. The molecule has 1 atom stereocenters. The van der Waals surface area contributed by atoms with E-state index in [0.29, 0.717) is 16.8 Å². The van der Waals surface area contributed by atoms with Gasteiger partial charge in [0.1, 0.15) is 0 Å². The second kappa shape index (κ2) is 7.40. The molecule has 3 nitrogen and oxygen atoms in total. The largest absolute Gasteiger partial charge is 0.240 e. The van der Waals surface area contributed by atoms with Crippen LogP contribution in [0.25, 0.3) is 0 Å². The zero-order chi connectivity index (χ0) is 15.3. The fraction of sp³-hybridized carbons (Fsp3) is 0.200. The molecule has 21 heavy (non-hydrogen) atoms. The van der Waals surface area contributed by atoms with Crippen LogP contribution in [-0.2, 0) is 16.4 Å². The van der Waals surface area contributed by atoms with E-state index in [9.17, 15) is 8.42 Å². The van der Waals surface area contributed by atoms with Gasteiger partial charge in [-0.3, -0.25) is 0 Å². The number of alkyl halides is 1. The molecular formula is C15H15BrClNO2S. The molecule has 0 radical (unpaired) electrons. The van der Waals surface area contributed by atoms with E-state index in [1.165, 1.54) is 12.1 Å². The van der Waals surface area contributed by atoms with Gasteiger partial charge in [-0.15, -0.1) is 0 Å². The second-order valence-electron chi connectivity index (χ2n) is 4.62. The van der Waals surface area contributed by atoms with Crippen molar-refractivity contribution in [3.05, 3.63) is 65.2 Å². The zero-order valence-corrected chi connectivity index (χ0v) is 14.3. The first-order chi connectivity index (χ1) is 10.0. The summed E-state index contributed by atoms with van der Waals surface area (Å²) in [5, 5.41) is 1.05. The normalized spacial score (nSPS) is 13.0. The van der Waals surface area contributed by atoms with Gasteiger partial charge in [-0.1, -0.05) is 57.9 Å². The standard InChI is InChI=1S/C15H15BrClNO2S/c16-11-14(10-12-4-2-1-3-5-12)18-21(19,20)15-8-6-13(17)7-9-15/h1-9,14,18H,10-11H2. The van der Waals surface area contributed by atoms with E-state index in [4.69, 9.17) is 11.6 Å². The molecule has 2 aromatic carbocycles. The maximum atomic E-state index is 12.3. The Morgan fingerprint density at radius 3 is 2.24 bits per heavy atom. The molecule has 0 aliphatic carbocycles. The van der Waals surface area contributed by atoms with E-state index in [2.05, 4.69) is 20.7 Å². The van der Waals surface area contributed by atoms with Gasteiger partial charge in [0.15, 0.2) is 0 Å². The maximum Gasteiger partial charge on any atom is 0.240 e. The molecular weight excluding hydrogens is 374 g/mol. The summed E-state index contributed by atoms with van der Waals surface area (Å²) in [5.41, 5.74) is 1.08. The summed E-state index contributed by atoms with van der Waals surface area (Å²) in [4.78, 5) is 0.214. The van der Waals surface area contributed by atoms with Crippen molar-refractivity contribution in [1.29, 1.82) is 0 Å². The zero-order valence-electron chi connectivity index (χ0n) is 11.2. The molecule has 0 aliphatic heterocycles. The van der Waals surface area contributed by atoms with E-state index in [1.807, 2.05) is 30.3 Å². The van der Waals surface area contributed by atoms with Crippen molar-refractivity contribution in [2.45, 2.75) is 17.4 Å². The van der Waals surface area contributed by atoms with Gasteiger partial charge < -0.3 is 0 Å². The summed E-state index contributed by atoms with van der Waals surface area (Å²) in [6, 6.07) is 15.7. The van der Waals surface area contributed by atoms with E-state index >= 15 is 0 Å². The predicted molar refractivity (Wildman–Crippen MR) is 89.5 cm³/mol. The lowest BCUT2D eigenvalue weighted by Crippen LogP contribution is -2.37. The lowest BCUT2D eigenvalue weighted by Gasteiger charge is -2.16. The molecule has 2 rings (SSSR count). The van der Waals surface area contributed by atoms with E-state index in [-0.39, 0.29) is 10.9 Å². The smallest absolute Gasteiger partial charge is 0.207 e. The fourth-order valence-electron chi connectivity index (χ4n) is 1.93. The molecule has 6 heteroatoms. The summed E-state index contributed by atoms with van der Waals surface area (Å²) in [5.74, 6) is 0. The van der Waals surface area contributed by atoms with Crippen LogP contribution in [-0.4, -0.2) is 19.8 Å². The van der Waals surface area contributed by atoms with Crippen molar-refractivity contribution in [2.75, 3.05) is 5.33 Å². The molecule has 0 fully saturated rings. The highest BCUT2D eigenvalue weighted by atomic mass is 79.9. The highest BCUT2D eigenvalue weighted by Crippen LogP contribution is 2.15. The molecule has 1 N–H and O–H groups in total. The van der Waals surface area contributed by atoms with E-state index in [1.54, 1.807) is 12.1 Å². The molecule has 0 amide bonds. The molecule has 2 aromatic rings. The summed E-state index contributed by atoms with van der Waals surface area (Å²) >= 11 is 9.14. The average Bonchev–Trinajstić information content (AvgIpc) is 2.48. The van der Waals surface area contributed by atoms with Crippen LogP contribution < -0.4 is 4.72 Å². The van der Waals surface area contributed by atoms with Crippen molar-refractivity contribution < 1.29 is 8.42 Å². The van der Waals surface area contributed by atoms with Crippen molar-refractivity contribution in [3.8, 4) is 0 Å². The van der Waals surface area contributed by atoms with Gasteiger partial charge in [-0.2, -0.15) is 0 Å². The summed E-state index contributed by atoms with van der Waals surface area (Å²) < 4.78 is 27.4. The van der Waals surface area contributed by atoms with Crippen LogP contribution in [0.1, 0.15) is 5.56 Å². The first-order valence-corrected chi connectivity index (χ1v) is 9.37. The highest BCUT2D eigenvalue weighted by molar-refractivity contribution is 9.09. The predicted octanol–water partition coefficient (Wildman–Crippen LogP) is 3.62. The van der Waals surface area contributed by atoms with E-state index in [0.717, 1.165) is 5.56 Å². The third-order valence-corrected chi connectivity index (χ3v) is 5.53. The first kappa shape index (κ1) is 16.5. The van der Waals surface area contributed by atoms with Gasteiger partial charge in [0.2, 0.25) is 10.0 Å². The topological polar surface area (TPSA) is 46.2 Å². The van der Waals surface area contributed by atoms with E-state index < -0.39 is 10.0 Å². The average molecular weight is 389 g/mol. The Bertz CT molecular complexity index is 675. The molecule has 0 saturated heterocycles. The summed E-state index contributed by atoms with van der Waals surface area (Å²) in [6.45, 7) is 0. The van der Waals surface area contributed by atoms with Gasteiger partial charge in [-0.25, -0.2) is 13.1 Å². The Balaban J connectivity index is 2.12. The Kier molecular flexibility index (Phi) is 5.81. The molecule has 0 aliphatic rings. The highest BCUT2D eigenvalue weighted by Gasteiger charge is 2.19. The monoisotopic (exact) mass is 387 g/mol. The van der Waals surface area contributed by atoms with Crippen LogP contribution in [0.3, 0.4) is 0 Å². The molecule has 0 heterocycles. The Hall–Kier alpha value is -0.880. The number of halogens is 2. The molecule has 112 valence electrons. The van der Waals surface area contributed by atoms with Crippen molar-refractivity contribution in [1.82, 2.24) is 4.72 Å². The summed E-state index contributed by atoms with van der Waals surface area (Å²) in [6.07, 6.45) is 0.624. The van der Waals surface area contributed by atoms with Gasteiger partial charge in [0.25, 0.3) is 0 Å². The Morgan fingerprint density at radius 1 is 1.05 bits per heavy atom. The van der Waals surface area contributed by atoms with Crippen LogP contribution >= 0.6 is 27.5 Å². The van der Waals surface area contributed by atoms with Crippen LogP contribution in [0.15, 0.2) is 59.5 Å². The Labute approximate surface area is 138 Å². The lowest BCUT2D eigenvalue weighted by molar-refractivity contribution is 0.562. The number of nitrogens with one attached hydrogen (secondary N) is 1. The second-order valence-corrected chi connectivity index (χ2v) is 7.41. The number of hydrogen-bond acceptors (Lipinski definition) is 2. The molecule has 0 spiro atoms. The molecule has 0 bridgehead atoms. The van der Waals surface area contributed by atoms with Crippen molar-refractivity contribution >= 4 is 37.6 Å². The van der Waals surface area contributed by atoms with Crippen molar-refractivity contribution in [2.24, 2.45) is 0 Å². The van der Waals surface area contributed by atoms with Gasteiger partial charge in [0.05, 0.1) is 4.90 Å².